The van der Waals surface area contributed by atoms with E-state index in [1.165, 1.54) is 88.2 Å². The van der Waals surface area contributed by atoms with Gasteiger partial charge in [-0.15, -0.1) is 0 Å². The van der Waals surface area contributed by atoms with E-state index in [1.807, 2.05) is 6.07 Å². The summed E-state index contributed by atoms with van der Waals surface area (Å²) in [4.78, 5) is 11.9. The molecule has 3 rings (SSSR count). The number of rotatable bonds is 12. The van der Waals surface area contributed by atoms with Crippen LogP contribution >= 0.6 is 0 Å². The summed E-state index contributed by atoms with van der Waals surface area (Å²) in [5.41, 5.74) is 4.96. The lowest BCUT2D eigenvalue weighted by molar-refractivity contribution is 0.0697. The molecule has 32 heavy (non-hydrogen) atoms. The van der Waals surface area contributed by atoms with E-state index in [9.17, 15) is 9.90 Å². The van der Waals surface area contributed by atoms with E-state index in [-0.39, 0.29) is 0 Å². The number of carboxylic acid groups (broad SMARTS) is 1. The first-order chi connectivity index (χ1) is 15.6. The number of aryl methyl sites for hydroxylation is 1. The van der Waals surface area contributed by atoms with Gasteiger partial charge in [-0.2, -0.15) is 0 Å². The van der Waals surface area contributed by atoms with Crippen LogP contribution in [-0.4, -0.2) is 11.1 Å². The second-order valence-corrected chi connectivity index (χ2v) is 9.83. The molecule has 2 aromatic carbocycles. The maximum absolute atomic E-state index is 11.9. The van der Waals surface area contributed by atoms with Crippen molar-refractivity contribution < 1.29 is 9.90 Å². The highest BCUT2D eigenvalue weighted by Gasteiger charge is 2.22. The molecule has 0 amide bonds. The van der Waals surface area contributed by atoms with Crippen molar-refractivity contribution in [2.45, 2.75) is 103 Å². The van der Waals surface area contributed by atoms with Gasteiger partial charge in [0, 0.05) is 0 Å². The van der Waals surface area contributed by atoms with Crippen LogP contribution < -0.4 is 0 Å². The van der Waals surface area contributed by atoms with Crippen LogP contribution in [-0.2, 0) is 6.42 Å². The van der Waals surface area contributed by atoms with E-state index in [0.717, 1.165) is 23.5 Å². The van der Waals surface area contributed by atoms with E-state index < -0.39 is 5.97 Å². The third-order valence-corrected chi connectivity index (χ3v) is 7.37. The van der Waals surface area contributed by atoms with Gasteiger partial charge in [0.2, 0.25) is 0 Å². The van der Waals surface area contributed by atoms with E-state index in [1.54, 1.807) is 6.07 Å². The number of aromatic carboxylic acids is 1. The molecule has 0 radical (unpaired) electrons. The molecule has 2 aromatic rings. The molecular formula is C30H42O2. The molecule has 0 heterocycles. The molecular weight excluding hydrogens is 392 g/mol. The normalized spacial score (nSPS) is 18.6. The van der Waals surface area contributed by atoms with E-state index in [4.69, 9.17) is 0 Å². The van der Waals surface area contributed by atoms with E-state index >= 15 is 0 Å². The third-order valence-electron chi connectivity index (χ3n) is 7.37. The molecule has 1 aliphatic carbocycles. The average Bonchev–Trinajstić information content (AvgIpc) is 2.82. The zero-order valence-electron chi connectivity index (χ0n) is 20.2. The van der Waals surface area contributed by atoms with Crippen LogP contribution in [0.1, 0.15) is 118 Å². The van der Waals surface area contributed by atoms with Crippen molar-refractivity contribution in [3.8, 4) is 11.1 Å². The number of hydrogen-bond acceptors (Lipinski definition) is 1. The fraction of sp³-hybridized carbons (Fsp3) is 0.567. The zero-order chi connectivity index (χ0) is 22.8. The van der Waals surface area contributed by atoms with Crippen molar-refractivity contribution in [3.63, 3.8) is 0 Å². The van der Waals surface area contributed by atoms with Gasteiger partial charge in [0.25, 0.3) is 0 Å². The zero-order valence-corrected chi connectivity index (χ0v) is 20.2. The highest BCUT2D eigenvalue weighted by atomic mass is 16.4. The molecule has 0 spiro atoms. The Labute approximate surface area is 195 Å². The van der Waals surface area contributed by atoms with Crippen LogP contribution in [0.15, 0.2) is 42.5 Å². The molecule has 1 N–H and O–H groups in total. The molecule has 0 unspecified atom stereocenters. The van der Waals surface area contributed by atoms with E-state index in [2.05, 4.69) is 44.2 Å². The Kier molecular flexibility index (Phi) is 9.84. The fourth-order valence-corrected chi connectivity index (χ4v) is 5.41. The molecule has 0 bridgehead atoms. The minimum Gasteiger partial charge on any atom is -0.478 e. The fourth-order valence-electron chi connectivity index (χ4n) is 5.41. The molecule has 2 nitrogen and oxygen atoms in total. The van der Waals surface area contributed by atoms with Gasteiger partial charge in [-0.05, 0) is 78.7 Å². The summed E-state index contributed by atoms with van der Waals surface area (Å²) >= 11 is 0. The Morgan fingerprint density at radius 2 is 1.53 bits per heavy atom. The first-order valence-corrected chi connectivity index (χ1v) is 13.1. The highest BCUT2D eigenvalue weighted by molar-refractivity contribution is 5.96. The smallest absolute Gasteiger partial charge is 0.336 e. The molecule has 1 saturated carbocycles. The van der Waals surface area contributed by atoms with Crippen molar-refractivity contribution in [1.82, 2.24) is 0 Å². The Hall–Kier alpha value is -2.09. The second-order valence-electron chi connectivity index (χ2n) is 9.83. The van der Waals surface area contributed by atoms with E-state index in [0.29, 0.717) is 11.5 Å². The van der Waals surface area contributed by atoms with Crippen LogP contribution in [0.25, 0.3) is 11.1 Å². The number of carboxylic acids is 1. The first-order valence-electron chi connectivity index (χ1n) is 13.1. The van der Waals surface area contributed by atoms with Gasteiger partial charge in [-0.1, -0.05) is 95.2 Å². The van der Waals surface area contributed by atoms with Crippen LogP contribution in [0.2, 0.25) is 0 Å². The lowest BCUT2D eigenvalue weighted by Crippen LogP contribution is -2.13. The van der Waals surface area contributed by atoms with Gasteiger partial charge in [0.05, 0.1) is 5.56 Å². The van der Waals surface area contributed by atoms with Crippen molar-refractivity contribution in [2.75, 3.05) is 0 Å². The van der Waals surface area contributed by atoms with Crippen LogP contribution in [0.5, 0.6) is 0 Å². The summed E-state index contributed by atoms with van der Waals surface area (Å²) in [7, 11) is 0. The standard InChI is InChI=1S/C30H42O2/c1-3-5-6-7-8-9-11-24-14-21-28(30(31)32)29(22-24)27-19-17-26(18-20-27)25-15-12-23(10-4-2)13-16-25/h14,17-23,25H,3-13,15-16H2,1-2H3,(H,31,32). The first kappa shape index (κ1) is 24.6. The summed E-state index contributed by atoms with van der Waals surface area (Å²) < 4.78 is 0. The van der Waals surface area contributed by atoms with Gasteiger partial charge >= 0.3 is 5.97 Å². The summed E-state index contributed by atoms with van der Waals surface area (Å²) in [6.07, 6.45) is 16.6. The number of unbranched alkanes of at least 4 members (excludes halogenated alkanes) is 5. The predicted molar refractivity (Wildman–Crippen MR) is 136 cm³/mol. The van der Waals surface area contributed by atoms with Crippen LogP contribution in [0.3, 0.4) is 0 Å². The van der Waals surface area contributed by atoms with Gasteiger partial charge in [0.15, 0.2) is 0 Å². The average molecular weight is 435 g/mol. The van der Waals surface area contributed by atoms with Crippen molar-refractivity contribution in [3.05, 3.63) is 59.2 Å². The maximum Gasteiger partial charge on any atom is 0.336 e. The third kappa shape index (κ3) is 6.95. The predicted octanol–water partition coefficient (Wildman–Crippen LogP) is 9.03. The Balaban J connectivity index is 1.66. The molecule has 0 saturated heterocycles. The molecule has 174 valence electrons. The molecule has 0 aromatic heterocycles. The number of carbonyl (C=O) groups is 1. The number of hydrogen-bond donors (Lipinski definition) is 1. The molecule has 2 heteroatoms. The molecule has 1 aliphatic rings. The van der Waals surface area contributed by atoms with Crippen LogP contribution in [0.4, 0.5) is 0 Å². The molecule has 0 atom stereocenters. The molecule has 1 fully saturated rings. The highest BCUT2D eigenvalue weighted by Crippen LogP contribution is 2.38. The Bertz CT molecular complexity index is 828. The van der Waals surface area contributed by atoms with Gasteiger partial charge in [-0.3, -0.25) is 0 Å². The monoisotopic (exact) mass is 434 g/mol. The summed E-state index contributed by atoms with van der Waals surface area (Å²) in [6, 6.07) is 14.7. The lowest BCUT2D eigenvalue weighted by Gasteiger charge is -2.28. The summed E-state index contributed by atoms with van der Waals surface area (Å²) in [5, 5.41) is 9.74. The van der Waals surface area contributed by atoms with Crippen molar-refractivity contribution in [1.29, 1.82) is 0 Å². The largest absolute Gasteiger partial charge is 0.478 e. The van der Waals surface area contributed by atoms with Crippen molar-refractivity contribution in [2.24, 2.45) is 5.92 Å². The minimum absolute atomic E-state index is 0.407. The van der Waals surface area contributed by atoms with Crippen molar-refractivity contribution >= 4 is 5.97 Å². The SMILES string of the molecule is CCCCCCCCc1ccc(C(=O)O)c(-c2ccc(C3CCC(CCC)CC3)cc2)c1. The van der Waals surface area contributed by atoms with Gasteiger partial charge < -0.3 is 5.11 Å². The van der Waals surface area contributed by atoms with Gasteiger partial charge in [-0.25, -0.2) is 4.79 Å². The summed E-state index contributed by atoms with van der Waals surface area (Å²) in [5.74, 6) is 0.739. The van der Waals surface area contributed by atoms with Gasteiger partial charge in [0.1, 0.15) is 0 Å². The number of benzene rings is 2. The maximum atomic E-state index is 11.9. The minimum atomic E-state index is -0.843. The lowest BCUT2D eigenvalue weighted by atomic mass is 9.77. The molecule has 0 aliphatic heterocycles. The quantitative estimate of drug-likeness (QED) is 0.338. The Morgan fingerprint density at radius 1 is 0.844 bits per heavy atom. The summed E-state index contributed by atoms with van der Waals surface area (Å²) in [6.45, 7) is 4.54. The topological polar surface area (TPSA) is 37.3 Å². The second kappa shape index (κ2) is 12.8. The Morgan fingerprint density at radius 3 is 2.19 bits per heavy atom. The van der Waals surface area contributed by atoms with Crippen LogP contribution in [0, 0.1) is 5.92 Å².